The summed E-state index contributed by atoms with van der Waals surface area (Å²) in [6, 6.07) is 8.64. The molecule has 0 bridgehead atoms. The van der Waals surface area contributed by atoms with Crippen LogP contribution in [0.5, 0.6) is 0 Å². The molecule has 0 unspecified atom stereocenters. The summed E-state index contributed by atoms with van der Waals surface area (Å²) in [6.45, 7) is 7.18. The number of nitrogens with zero attached hydrogens (tertiary/aromatic N) is 2. The SMILES string of the molecule is CCc1cc(CNc2cc(C)ccc2C)n(C)n1. The lowest BCUT2D eigenvalue weighted by atomic mass is 10.1. The first-order valence-corrected chi connectivity index (χ1v) is 6.43. The largest absolute Gasteiger partial charge is 0.379 e. The summed E-state index contributed by atoms with van der Waals surface area (Å²) in [7, 11) is 2.00. The van der Waals surface area contributed by atoms with Crippen molar-refractivity contribution >= 4 is 5.69 Å². The maximum atomic E-state index is 4.46. The zero-order valence-electron chi connectivity index (χ0n) is 11.6. The third-order valence-corrected chi connectivity index (χ3v) is 3.24. The van der Waals surface area contributed by atoms with Gasteiger partial charge in [0.2, 0.25) is 0 Å². The van der Waals surface area contributed by atoms with Gasteiger partial charge in [0.25, 0.3) is 0 Å². The van der Waals surface area contributed by atoms with E-state index in [0.717, 1.165) is 18.7 Å². The number of rotatable bonds is 4. The van der Waals surface area contributed by atoms with E-state index >= 15 is 0 Å². The Bertz CT molecular complexity index is 541. The van der Waals surface area contributed by atoms with E-state index in [-0.39, 0.29) is 0 Å². The highest BCUT2D eigenvalue weighted by atomic mass is 15.3. The van der Waals surface area contributed by atoms with Gasteiger partial charge in [0.1, 0.15) is 0 Å². The summed E-state index contributed by atoms with van der Waals surface area (Å²) in [5.74, 6) is 0. The molecule has 0 fully saturated rings. The Hall–Kier alpha value is -1.77. The second-order valence-corrected chi connectivity index (χ2v) is 4.78. The number of anilines is 1. The predicted molar refractivity (Wildman–Crippen MR) is 75.8 cm³/mol. The van der Waals surface area contributed by atoms with Crippen LogP contribution in [0.25, 0.3) is 0 Å². The van der Waals surface area contributed by atoms with E-state index in [9.17, 15) is 0 Å². The topological polar surface area (TPSA) is 29.9 Å². The molecule has 0 aliphatic heterocycles. The van der Waals surface area contributed by atoms with E-state index in [4.69, 9.17) is 0 Å². The summed E-state index contributed by atoms with van der Waals surface area (Å²) >= 11 is 0. The Balaban J connectivity index is 2.11. The van der Waals surface area contributed by atoms with Gasteiger partial charge in [-0.05, 0) is 43.5 Å². The van der Waals surface area contributed by atoms with Gasteiger partial charge in [-0.1, -0.05) is 19.1 Å². The van der Waals surface area contributed by atoms with E-state index in [1.165, 1.54) is 22.5 Å². The van der Waals surface area contributed by atoms with Gasteiger partial charge in [-0.3, -0.25) is 4.68 Å². The van der Waals surface area contributed by atoms with Crippen LogP contribution in [0.1, 0.15) is 29.4 Å². The first-order valence-electron chi connectivity index (χ1n) is 6.43. The fourth-order valence-corrected chi connectivity index (χ4v) is 2.02. The average Bonchev–Trinajstić information content (AvgIpc) is 2.71. The molecule has 1 heterocycles. The van der Waals surface area contributed by atoms with Gasteiger partial charge in [-0.25, -0.2) is 0 Å². The molecule has 3 nitrogen and oxygen atoms in total. The second kappa shape index (κ2) is 5.25. The third kappa shape index (κ3) is 2.73. The molecule has 0 saturated heterocycles. The number of nitrogens with one attached hydrogen (secondary N) is 1. The number of aromatic nitrogens is 2. The molecule has 2 rings (SSSR count). The maximum Gasteiger partial charge on any atom is 0.0625 e. The molecule has 0 atom stereocenters. The molecule has 1 N–H and O–H groups in total. The monoisotopic (exact) mass is 243 g/mol. The van der Waals surface area contributed by atoms with E-state index in [0.29, 0.717) is 0 Å². The molecule has 1 aromatic heterocycles. The minimum absolute atomic E-state index is 0.813. The Labute approximate surface area is 109 Å². The molecule has 3 heteroatoms. The van der Waals surface area contributed by atoms with Gasteiger partial charge in [-0.15, -0.1) is 0 Å². The lowest BCUT2D eigenvalue weighted by Crippen LogP contribution is -2.06. The van der Waals surface area contributed by atoms with E-state index in [1.807, 2.05) is 11.7 Å². The molecule has 96 valence electrons. The van der Waals surface area contributed by atoms with Gasteiger partial charge in [0.05, 0.1) is 17.9 Å². The average molecular weight is 243 g/mol. The fraction of sp³-hybridized carbons (Fsp3) is 0.400. The van der Waals surface area contributed by atoms with Crippen molar-refractivity contribution in [3.05, 3.63) is 46.8 Å². The minimum Gasteiger partial charge on any atom is -0.379 e. The van der Waals surface area contributed by atoms with E-state index in [2.05, 4.69) is 55.5 Å². The van der Waals surface area contributed by atoms with Gasteiger partial charge in [-0.2, -0.15) is 5.10 Å². The van der Waals surface area contributed by atoms with Gasteiger partial charge >= 0.3 is 0 Å². The smallest absolute Gasteiger partial charge is 0.0625 e. The quantitative estimate of drug-likeness (QED) is 0.893. The van der Waals surface area contributed by atoms with Crippen LogP contribution in [0.15, 0.2) is 24.3 Å². The molecule has 0 radical (unpaired) electrons. The van der Waals surface area contributed by atoms with Crippen LogP contribution in [-0.4, -0.2) is 9.78 Å². The van der Waals surface area contributed by atoms with Crippen LogP contribution in [0.4, 0.5) is 5.69 Å². The molecular weight excluding hydrogens is 222 g/mol. The molecule has 0 spiro atoms. The summed E-state index contributed by atoms with van der Waals surface area (Å²) in [5.41, 5.74) is 6.12. The van der Waals surface area contributed by atoms with Crippen LogP contribution in [0.3, 0.4) is 0 Å². The first kappa shape index (κ1) is 12.7. The number of hydrogen-bond donors (Lipinski definition) is 1. The Morgan fingerprint density at radius 3 is 2.67 bits per heavy atom. The van der Waals surface area contributed by atoms with Crippen molar-refractivity contribution in [2.24, 2.45) is 7.05 Å². The summed E-state index contributed by atoms with van der Waals surface area (Å²) in [4.78, 5) is 0. The Morgan fingerprint density at radius 2 is 2.00 bits per heavy atom. The van der Waals surface area contributed by atoms with E-state index < -0.39 is 0 Å². The van der Waals surface area contributed by atoms with Crippen molar-refractivity contribution in [3.63, 3.8) is 0 Å². The zero-order valence-corrected chi connectivity index (χ0v) is 11.6. The van der Waals surface area contributed by atoms with Gasteiger partial charge in [0.15, 0.2) is 0 Å². The molecule has 18 heavy (non-hydrogen) atoms. The van der Waals surface area contributed by atoms with Crippen LogP contribution in [0.2, 0.25) is 0 Å². The standard InChI is InChI=1S/C15H21N3/c1-5-13-9-14(18(4)17-13)10-16-15-8-11(2)6-7-12(15)3/h6-9,16H,5,10H2,1-4H3. The van der Waals surface area contributed by atoms with Crippen molar-refractivity contribution in [3.8, 4) is 0 Å². The summed E-state index contributed by atoms with van der Waals surface area (Å²) in [5, 5.41) is 7.95. The lowest BCUT2D eigenvalue weighted by molar-refractivity contribution is 0.707. The van der Waals surface area contributed by atoms with Crippen LogP contribution < -0.4 is 5.32 Å². The van der Waals surface area contributed by atoms with Crippen LogP contribution >= 0.6 is 0 Å². The highest BCUT2D eigenvalue weighted by Gasteiger charge is 2.04. The second-order valence-electron chi connectivity index (χ2n) is 4.78. The van der Waals surface area contributed by atoms with Crippen molar-refractivity contribution in [2.75, 3.05) is 5.32 Å². The van der Waals surface area contributed by atoms with Gasteiger partial charge < -0.3 is 5.32 Å². The number of benzene rings is 1. The predicted octanol–water partition coefficient (Wildman–Crippen LogP) is 3.21. The molecule has 1 aromatic carbocycles. The van der Waals surface area contributed by atoms with Crippen LogP contribution in [0, 0.1) is 13.8 Å². The van der Waals surface area contributed by atoms with Crippen molar-refractivity contribution < 1.29 is 0 Å². The summed E-state index contributed by atoms with van der Waals surface area (Å²) < 4.78 is 1.96. The number of aryl methyl sites for hydroxylation is 4. The minimum atomic E-state index is 0.813. The highest BCUT2D eigenvalue weighted by molar-refractivity contribution is 5.52. The molecule has 0 saturated carbocycles. The van der Waals surface area contributed by atoms with E-state index in [1.54, 1.807) is 0 Å². The van der Waals surface area contributed by atoms with Crippen molar-refractivity contribution in [1.82, 2.24) is 9.78 Å². The van der Waals surface area contributed by atoms with Crippen molar-refractivity contribution in [1.29, 1.82) is 0 Å². The summed E-state index contributed by atoms with van der Waals surface area (Å²) in [6.07, 6.45) is 0.983. The zero-order chi connectivity index (χ0) is 13.1. The number of hydrogen-bond acceptors (Lipinski definition) is 2. The van der Waals surface area contributed by atoms with Crippen LogP contribution in [-0.2, 0) is 20.0 Å². The maximum absolute atomic E-state index is 4.46. The molecule has 0 aliphatic rings. The molecular formula is C15H21N3. The molecule has 0 aliphatic carbocycles. The Morgan fingerprint density at radius 1 is 1.22 bits per heavy atom. The third-order valence-electron chi connectivity index (χ3n) is 3.24. The van der Waals surface area contributed by atoms with Gasteiger partial charge in [0, 0.05) is 12.7 Å². The Kier molecular flexibility index (Phi) is 3.70. The highest BCUT2D eigenvalue weighted by Crippen LogP contribution is 2.17. The molecule has 0 amide bonds. The lowest BCUT2D eigenvalue weighted by Gasteiger charge is -2.10. The van der Waals surface area contributed by atoms with Crippen molar-refractivity contribution in [2.45, 2.75) is 33.7 Å². The molecule has 2 aromatic rings. The first-order chi connectivity index (χ1) is 8.60. The normalized spacial score (nSPS) is 10.7. The fourth-order valence-electron chi connectivity index (χ4n) is 2.02.